The Bertz CT molecular complexity index is 449. The van der Waals surface area contributed by atoms with Crippen LogP contribution in [0.3, 0.4) is 0 Å². The van der Waals surface area contributed by atoms with Crippen molar-refractivity contribution < 1.29 is 9.18 Å². The van der Waals surface area contributed by atoms with E-state index in [0.29, 0.717) is 18.3 Å². The molecular formula is C16H24FN3O. The first-order chi connectivity index (χ1) is 10.2. The molecule has 0 bridgehead atoms. The van der Waals surface area contributed by atoms with Gasteiger partial charge < -0.3 is 10.6 Å². The van der Waals surface area contributed by atoms with Crippen LogP contribution in [0, 0.1) is 5.82 Å². The van der Waals surface area contributed by atoms with Crippen LogP contribution in [0.2, 0.25) is 0 Å². The molecule has 1 heterocycles. The van der Waals surface area contributed by atoms with Gasteiger partial charge in [-0.1, -0.05) is 13.3 Å². The molecule has 5 heteroatoms. The molecule has 0 aliphatic carbocycles. The summed E-state index contributed by atoms with van der Waals surface area (Å²) in [7, 11) is 0. The van der Waals surface area contributed by atoms with Crippen molar-refractivity contribution in [2.24, 2.45) is 0 Å². The molecule has 4 nitrogen and oxygen atoms in total. The number of rotatable bonds is 6. The average molecular weight is 293 g/mol. The van der Waals surface area contributed by atoms with E-state index < -0.39 is 0 Å². The van der Waals surface area contributed by atoms with Crippen LogP contribution in [0.1, 0.15) is 26.2 Å². The number of likely N-dealkylation sites (tertiary alicyclic amines) is 1. The highest BCUT2D eigenvalue weighted by Crippen LogP contribution is 2.16. The lowest BCUT2D eigenvalue weighted by atomic mass is 10.0. The number of amides is 1. The van der Waals surface area contributed by atoms with Crippen LogP contribution in [0.4, 0.5) is 10.1 Å². The molecule has 1 unspecified atom stereocenters. The minimum Gasteiger partial charge on any atom is -0.325 e. The second-order valence-electron chi connectivity index (χ2n) is 5.48. The fourth-order valence-electron chi connectivity index (χ4n) is 2.73. The largest absolute Gasteiger partial charge is 0.325 e. The lowest BCUT2D eigenvalue weighted by molar-refractivity contribution is -0.118. The highest BCUT2D eigenvalue weighted by Gasteiger charge is 2.23. The van der Waals surface area contributed by atoms with E-state index >= 15 is 0 Å². The van der Waals surface area contributed by atoms with Gasteiger partial charge in [0.1, 0.15) is 5.82 Å². The SMILES string of the molecule is CCNCC1CCCCN1CC(=O)Nc1ccc(F)cc1. The third kappa shape index (κ3) is 5.10. The van der Waals surface area contributed by atoms with Gasteiger partial charge in [0.25, 0.3) is 0 Å². The molecule has 0 saturated carbocycles. The van der Waals surface area contributed by atoms with Crippen LogP contribution in [0.25, 0.3) is 0 Å². The third-order valence-electron chi connectivity index (χ3n) is 3.85. The molecule has 1 amide bonds. The second kappa shape index (κ2) is 8.10. The number of carbonyl (C=O) groups excluding carboxylic acids is 1. The van der Waals surface area contributed by atoms with Crippen LogP contribution >= 0.6 is 0 Å². The van der Waals surface area contributed by atoms with Gasteiger partial charge in [-0.2, -0.15) is 0 Å². The molecule has 2 N–H and O–H groups in total. The molecule has 1 fully saturated rings. The standard InChI is InChI=1S/C16H24FN3O/c1-2-18-11-15-5-3-4-10-20(15)12-16(21)19-14-8-6-13(17)7-9-14/h6-9,15,18H,2-5,10-12H2,1H3,(H,19,21). The van der Waals surface area contributed by atoms with Crippen molar-refractivity contribution in [2.75, 3.05) is 31.5 Å². The van der Waals surface area contributed by atoms with Crippen molar-refractivity contribution in [3.8, 4) is 0 Å². The average Bonchev–Trinajstić information content (AvgIpc) is 2.49. The number of carbonyl (C=O) groups is 1. The molecule has 1 aliphatic rings. The topological polar surface area (TPSA) is 44.4 Å². The minimum atomic E-state index is -0.297. The van der Waals surface area contributed by atoms with Crippen molar-refractivity contribution in [3.05, 3.63) is 30.1 Å². The Kier molecular flexibility index (Phi) is 6.14. The number of nitrogens with one attached hydrogen (secondary N) is 2. The molecule has 1 atom stereocenters. The van der Waals surface area contributed by atoms with Crippen LogP contribution in [0.15, 0.2) is 24.3 Å². The number of piperidine rings is 1. The third-order valence-corrected chi connectivity index (χ3v) is 3.85. The van der Waals surface area contributed by atoms with Crippen molar-refractivity contribution >= 4 is 11.6 Å². The molecule has 116 valence electrons. The highest BCUT2D eigenvalue weighted by molar-refractivity contribution is 5.92. The van der Waals surface area contributed by atoms with Gasteiger partial charge in [0.05, 0.1) is 6.54 Å². The van der Waals surface area contributed by atoms with Gasteiger partial charge in [0.2, 0.25) is 5.91 Å². The number of halogens is 1. The Hall–Kier alpha value is -1.46. The summed E-state index contributed by atoms with van der Waals surface area (Å²) < 4.78 is 12.8. The molecule has 21 heavy (non-hydrogen) atoms. The zero-order chi connectivity index (χ0) is 15.1. The van der Waals surface area contributed by atoms with E-state index in [4.69, 9.17) is 0 Å². The maximum atomic E-state index is 12.8. The van der Waals surface area contributed by atoms with E-state index in [2.05, 4.69) is 22.5 Å². The van der Waals surface area contributed by atoms with Crippen molar-refractivity contribution in [2.45, 2.75) is 32.2 Å². The smallest absolute Gasteiger partial charge is 0.238 e. The molecule has 1 saturated heterocycles. The molecule has 1 aliphatic heterocycles. The predicted octanol–water partition coefficient (Wildman–Crippen LogP) is 2.23. The van der Waals surface area contributed by atoms with Gasteiger partial charge in [-0.25, -0.2) is 4.39 Å². The Morgan fingerprint density at radius 3 is 2.81 bits per heavy atom. The Labute approximate surface area is 125 Å². The van der Waals surface area contributed by atoms with Gasteiger partial charge in [-0.05, 0) is 50.2 Å². The Morgan fingerprint density at radius 1 is 1.33 bits per heavy atom. The summed E-state index contributed by atoms with van der Waals surface area (Å²) in [5.41, 5.74) is 0.640. The second-order valence-corrected chi connectivity index (χ2v) is 5.48. The molecule has 1 aromatic carbocycles. The number of hydrogen-bond acceptors (Lipinski definition) is 3. The molecule has 0 spiro atoms. The first kappa shape index (κ1) is 15.9. The summed E-state index contributed by atoms with van der Waals surface area (Å²) in [6, 6.07) is 6.30. The number of likely N-dealkylation sites (N-methyl/N-ethyl adjacent to an activating group) is 1. The van der Waals surface area contributed by atoms with Gasteiger partial charge in [-0.15, -0.1) is 0 Å². The number of benzene rings is 1. The number of nitrogens with zero attached hydrogens (tertiary/aromatic N) is 1. The highest BCUT2D eigenvalue weighted by atomic mass is 19.1. The summed E-state index contributed by atoms with van der Waals surface area (Å²) >= 11 is 0. The Balaban J connectivity index is 1.86. The van der Waals surface area contributed by atoms with Crippen molar-refractivity contribution in [3.63, 3.8) is 0 Å². The van der Waals surface area contributed by atoms with Gasteiger partial charge in [0.15, 0.2) is 0 Å². The maximum Gasteiger partial charge on any atom is 0.238 e. The van der Waals surface area contributed by atoms with E-state index in [1.807, 2.05) is 0 Å². The normalized spacial score (nSPS) is 19.4. The van der Waals surface area contributed by atoms with Crippen LogP contribution in [-0.4, -0.2) is 43.0 Å². The molecule has 0 aromatic heterocycles. The van der Waals surface area contributed by atoms with E-state index in [1.54, 1.807) is 12.1 Å². The van der Waals surface area contributed by atoms with Crippen LogP contribution in [0.5, 0.6) is 0 Å². The fraction of sp³-hybridized carbons (Fsp3) is 0.562. The monoisotopic (exact) mass is 293 g/mol. The quantitative estimate of drug-likeness (QED) is 0.845. The zero-order valence-corrected chi connectivity index (χ0v) is 12.6. The lowest BCUT2D eigenvalue weighted by Crippen LogP contribution is -2.48. The molecule has 2 rings (SSSR count). The van der Waals surface area contributed by atoms with Crippen LogP contribution < -0.4 is 10.6 Å². The fourth-order valence-corrected chi connectivity index (χ4v) is 2.73. The summed E-state index contributed by atoms with van der Waals surface area (Å²) in [6.45, 7) is 5.33. The lowest BCUT2D eigenvalue weighted by Gasteiger charge is -2.35. The van der Waals surface area contributed by atoms with Crippen LogP contribution in [-0.2, 0) is 4.79 Å². The van der Waals surface area contributed by atoms with Crippen molar-refractivity contribution in [1.82, 2.24) is 10.2 Å². The number of anilines is 1. The first-order valence-electron chi connectivity index (χ1n) is 7.69. The summed E-state index contributed by atoms with van der Waals surface area (Å²) in [5, 5.41) is 6.19. The van der Waals surface area contributed by atoms with E-state index in [9.17, 15) is 9.18 Å². The zero-order valence-electron chi connectivity index (χ0n) is 12.6. The van der Waals surface area contributed by atoms with E-state index in [1.165, 1.54) is 18.6 Å². The van der Waals surface area contributed by atoms with Crippen molar-refractivity contribution in [1.29, 1.82) is 0 Å². The summed E-state index contributed by atoms with van der Waals surface area (Å²) in [4.78, 5) is 14.4. The predicted molar refractivity (Wildman–Crippen MR) is 82.8 cm³/mol. The van der Waals surface area contributed by atoms with E-state index in [-0.39, 0.29) is 11.7 Å². The summed E-state index contributed by atoms with van der Waals surface area (Å²) in [5.74, 6) is -0.334. The summed E-state index contributed by atoms with van der Waals surface area (Å²) in [6.07, 6.45) is 3.51. The molecular weight excluding hydrogens is 269 g/mol. The Morgan fingerprint density at radius 2 is 2.10 bits per heavy atom. The maximum absolute atomic E-state index is 12.8. The van der Waals surface area contributed by atoms with Gasteiger partial charge in [0, 0.05) is 18.3 Å². The minimum absolute atomic E-state index is 0.0370. The molecule has 0 radical (unpaired) electrons. The van der Waals surface area contributed by atoms with Gasteiger partial charge >= 0.3 is 0 Å². The number of hydrogen-bond donors (Lipinski definition) is 2. The van der Waals surface area contributed by atoms with E-state index in [0.717, 1.165) is 32.5 Å². The molecule has 1 aromatic rings. The first-order valence-corrected chi connectivity index (χ1v) is 7.69. The van der Waals surface area contributed by atoms with Gasteiger partial charge in [-0.3, -0.25) is 9.69 Å².